The van der Waals surface area contributed by atoms with Crippen LogP contribution >= 0.6 is 0 Å². The summed E-state index contributed by atoms with van der Waals surface area (Å²) in [7, 11) is 0. The van der Waals surface area contributed by atoms with Crippen molar-refractivity contribution in [1.82, 2.24) is 0 Å². The molecule has 0 aromatic heterocycles. The second-order valence-electron chi connectivity index (χ2n) is 0.964. The second kappa shape index (κ2) is 4.78. The van der Waals surface area contributed by atoms with E-state index in [2.05, 4.69) is 0 Å². The summed E-state index contributed by atoms with van der Waals surface area (Å²) < 4.78 is 0. The van der Waals surface area contributed by atoms with Crippen molar-refractivity contribution in [3.8, 4) is 0 Å². The van der Waals surface area contributed by atoms with Gasteiger partial charge in [-0.05, 0) is 0 Å². The van der Waals surface area contributed by atoms with Gasteiger partial charge in [-0.15, -0.1) is 0 Å². The number of carboxylic acid groups (broad SMARTS) is 2. The zero-order valence-electron chi connectivity index (χ0n) is 3.73. The molecule has 0 saturated carbocycles. The average molecular weight is 299 g/mol. The van der Waals surface area contributed by atoms with Crippen LogP contribution in [0.5, 0.6) is 0 Å². The standard InChI is InChI=1S/C3H4O4.Pt/c4-2(5)1-3(6)7;/h1H2,(H,4,5)(H,6,7);/q;+2. The van der Waals surface area contributed by atoms with Gasteiger partial charge in [-0.2, -0.15) is 0 Å². The molecule has 0 aromatic carbocycles. The molecule has 0 fully saturated rings. The smallest absolute Gasteiger partial charge is 0.481 e. The van der Waals surface area contributed by atoms with Crippen molar-refractivity contribution in [2.75, 3.05) is 0 Å². The number of hydrogen-bond acceptors (Lipinski definition) is 2. The number of carbonyl (C=O) groups is 2. The van der Waals surface area contributed by atoms with Gasteiger partial charge in [0.1, 0.15) is 6.42 Å². The van der Waals surface area contributed by atoms with Gasteiger partial charge in [0.05, 0.1) is 0 Å². The molecule has 8 heavy (non-hydrogen) atoms. The minimum Gasteiger partial charge on any atom is -0.481 e. The predicted molar refractivity (Wildman–Crippen MR) is 19.9 cm³/mol. The quantitative estimate of drug-likeness (QED) is 0.677. The maximum Gasteiger partial charge on any atom is 2.00 e. The van der Waals surface area contributed by atoms with Gasteiger partial charge in [0.2, 0.25) is 0 Å². The molecule has 0 heterocycles. The van der Waals surface area contributed by atoms with Crippen LogP contribution in [-0.2, 0) is 30.7 Å². The molecule has 0 spiro atoms. The summed E-state index contributed by atoms with van der Waals surface area (Å²) in [5.74, 6) is -2.62. The molecule has 0 aliphatic carbocycles. The molecule has 0 radical (unpaired) electrons. The Kier molecular flexibility index (Phi) is 6.32. The van der Waals surface area contributed by atoms with E-state index in [4.69, 9.17) is 10.2 Å². The van der Waals surface area contributed by atoms with Crippen LogP contribution in [0.3, 0.4) is 0 Å². The van der Waals surface area contributed by atoms with Crippen molar-refractivity contribution >= 4 is 11.9 Å². The summed E-state index contributed by atoms with van der Waals surface area (Å²) in [4.78, 5) is 18.9. The van der Waals surface area contributed by atoms with Crippen molar-refractivity contribution in [3.63, 3.8) is 0 Å². The van der Waals surface area contributed by atoms with Crippen LogP contribution in [0.4, 0.5) is 0 Å². The fourth-order valence-corrected chi connectivity index (χ4v) is 0.129. The van der Waals surface area contributed by atoms with Gasteiger partial charge in [-0.3, -0.25) is 9.59 Å². The molecule has 0 bridgehead atoms. The van der Waals surface area contributed by atoms with Crippen LogP contribution < -0.4 is 0 Å². The monoisotopic (exact) mass is 299 g/mol. The number of carboxylic acids is 2. The number of aliphatic carboxylic acids is 2. The zero-order chi connectivity index (χ0) is 5.86. The van der Waals surface area contributed by atoms with Crippen molar-refractivity contribution in [2.45, 2.75) is 6.42 Å². The Morgan fingerprint density at radius 3 is 1.38 bits per heavy atom. The third-order valence-corrected chi connectivity index (χ3v) is 0.302. The Morgan fingerprint density at radius 2 is 1.38 bits per heavy atom. The molecule has 5 heteroatoms. The van der Waals surface area contributed by atoms with Gasteiger partial charge in [-0.1, -0.05) is 0 Å². The van der Waals surface area contributed by atoms with Crippen molar-refractivity contribution in [2.24, 2.45) is 0 Å². The molecular weight excluding hydrogens is 295 g/mol. The van der Waals surface area contributed by atoms with Crippen molar-refractivity contribution in [1.29, 1.82) is 0 Å². The molecule has 0 amide bonds. The Bertz CT molecular complexity index is 87.5. The zero-order valence-corrected chi connectivity index (χ0v) is 6.01. The van der Waals surface area contributed by atoms with E-state index in [0.29, 0.717) is 0 Å². The molecule has 48 valence electrons. The molecular formula is C3H4O4Pt+2. The number of hydrogen-bond donors (Lipinski definition) is 2. The maximum absolute atomic E-state index is 9.43. The van der Waals surface area contributed by atoms with E-state index in [1.54, 1.807) is 0 Å². The van der Waals surface area contributed by atoms with Gasteiger partial charge in [0, 0.05) is 0 Å². The van der Waals surface area contributed by atoms with E-state index in [9.17, 15) is 9.59 Å². The second-order valence-corrected chi connectivity index (χ2v) is 0.964. The van der Waals surface area contributed by atoms with E-state index in [0.717, 1.165) is 0 Å². The fourth-order valence-electron chi connectivity index (χ4n) is 0.129. The topological polar surface area (TPSA) is 74.6 Å². The number of rotatable bonds is 2. The first-order valence-corrected chi connectivity index (χ1v) is 1.56. The van der Waals surface area contributed by atoms with Gasteiger partial charge < -0.3 is 10.2 Å². The third kappa shape index (κ3) is 9.16. The largest absolute Gasteiger partial charge is 2.00 e. The SMILES string of the molecule is O=C(O)CC(=O)O.[Pt+2]. The van der Waals surface area contributed by atoms with E-state index in [-0.39, 0.29) is 21.1 Å². The van der Waals surface area contributed by atoms with Gasteiger partial charge >= 0.3 is 33.0 Å². The first-order valence-electron chi connectivity index (χ1n) is 1.56. The summed E-state index contributed by atoms with van der Waals surface area (Å²) in [5.41, 5.74) is 0. The Balaban J connectivity index is 0. The Morgan fingerprint density at radius 1 is 1.12 bits per heavy atom. The van der Waals surface area contributed by atoms with Crippen LogP contribution in [0.15, 0.2) is 0 Å². The molecule has 0 rings (SSSR count). The summed E-state index contributed by atoms with van der Waals surface area (Å²) in [6.07, 6.45) is -0.806. The van der Waals surface area contributed by atoms with Crippen molar-refractivity contribution < 1.29 is 40.9 Å². The predicted octanol–water partition coefficient (Wildman–Crippen LogP) is -0.457. The third-order valence-electron chi connectivity index (χ3n) is 0.302. The molecule has 0 unspecified atom stereocenters. The van der Waals surface area contributed by atoms with Crippen LogP contribution in [-0.4, -0.2) is 22.2 Å². The summed E-state index contributed by atoms with van der Waals surface area (Å²) in [6, 6.07) is 0. The fraction of sp³-hybridized carbons (Fsp3) is 0.333. The van der Waals surface area contributed by atoms with Crippen molar-refractivity contribution in [3.05, 3.63) is 0 Å². The molecule has 2 N–H and O–H groups in total. The first-order chi connectivity index (χ1) is 3.13. The van der Waals surface area contributed by atoms with Crippen LogP contribution in [0.1, 0.15) is 6.42 Å². The maximum atomic E-state index is 9.43. The normalized spacial score (nSPS) is 7.00. The molecule has 4 nitrogen and oxygen atoms in total. The molecule has 0 aliphatic rings. The Hall–Kier alpha value is -0.372. The van der Waals surface area contributed by atoms with E-state index in [1.165, 1.54) is 0 Å². The van der Waals surface area contributed by atoms with Gasteiger partial charge in [0.25, 0.3) is 0 Å². The molecule has 0 aliphatic heterocycles. The minimum atomic E-state index is -1.31. The molecule has 0 atom stereocenters. The van der Waals surface area contributed by atoms with E-state index in [1.807, 2.05) is 0 Å². The van der Waals surface area contributed by atoms with E-state index >= 15 is 0 Å². The summed E-state index contributed by atoms with van der Waals surface area (Å²) in [6.45, 7) is 0. The van der Waals surface area contributed by atoms with Gasteiger partial charge in [-0.25, -0.2) is 0 Å². The van der Waals surface area contributed by atoms with Crippen LogP contribution in [0.2, 0.25) is 0 Å². The first kappa shape index (κ1) is 10.6. The average Bonchev–Trinajstić information content (AvgIpc) is 1.27. The van der Waals surface area contributed by atoms with Gasteiger partial charge in [0.15, 0.2) is 0 Å². The van der Waals surface area contributed by atoms with Crippen LogP contribution in [0.25, 0.3) is 0 Å². The Labute approximate surface area is 59.8 Å². The summed E-state index contributed by atoms with van der Waals surface area (Å²) >= 11 is 0. The minimum absolute atomic E-state index is 0. The van der Waals surface area contributed by atoms with E-state index < -0.39 is 18.4 Å². The van der Waals surface area contributed by atoms with Crippen LogP contribution in [0, 0.1) is 0 Å². The summed E-state index contributed by atoms with van der Waals surface area (Å²) in [5, 5.41) is 15.4. The molecule has 0 aromatic rings. The molecule has 0 saturated heterocycles.